The van der Waals surface area contributed by atoms with Crippen molar-refractivity contribution in [2.45, 2.75) is 32.5 Å². The Kier molecular flexibility index (Phi) is 5.24. The minimum Gasteiger partial charge on any atom is -0.494 e. The fraction of sp³-hybridized carbons (Fsp3) is 0.269. The molecule has 0 unspecified atom stereocenters. The fourth-order valence-corrected chi connectivity index (χ4v) is 4.30. The van der Waals surface area contributed by atoms with Crippen LogP contribution in [0, 0.1) is 0 Å². The first kappa shape index (κ1) is 19.5. The maximum absolute atomic E-state index is 6.47. The molecule has 0 radical (unpaired) electrons. The van der Waals surface area contributed by atoms with E-state index < -0.39 is 0 Å². The average molecular weight is 415 g/mol. The topological polar surface area (TPSA) is 43.3 Å². The first-order valence-electron chi connectivity index (χ1n) is 10.8. The zero-order valence-electron chi connectivity index (χ0n) is 17.8. The van der Waals surface area contributed by atoms with Gasteiger partial charge in [0.05, 0.1) is 30.5 Å². The molecule has 2 atom stereocenters. The smallest absolute Gasteiger partial charge is 0.217 e. The van der Waals surface area contributed by atoms with Crippen LogP contribution in [0.25, 0.3) is 0 Å². The van der Waals surface area contributed by atoms with Crippen LogP contribution in [-0.4, -0.2) is 23.9 Å². The van der Waals surface area contributed by atoms with Gasteiger partial charge in [-0.2, -0.15) is 5.10 Å². The van der Waals surface area contributed by atoms with Gasteiger partial charge >= 0.3 is 0 Å². The second kappa shape index (κ2) is 8.34. The van der Waals surface area contributed by atoms with E-state index in [1.54, 1.807) is 0 Å². The Hall–Kier alpha value is -3.47. The molecule has 5 rings (SSSR count). The summed E-state index contributed by atoms with van der Waals surface area (Å²) < 4.78 is 18.0. The standard InChI is InChI=1S/C26H26N2O3/c1-3-29-19-15-13-18(14-16-19)22-17-23-20-9-5-8-12-25(20)31-26(28(23)27-22)21-10-6-7-11-24(21)30-4-2/h5-16,23,26H,3-4,17H2,1-2H3/t23-,26-/m0/s1. The molecular weight excluding hydrogens is 388 g/mol. The van der Waals surface area contributed by atoms with Crippen molar-refractivity contribution in [3.05, 3.63) is 89.5 Å². The minimum atomic E-state index is -0.345. The zero-order chi connectivity index (χ0) is 21.2. The Morgan fingerprint density at radius 3 is 2.35 bits per heavy atom. The molecule has 31 heavy (non-hydrogen) atoms. The largest absolute Gasteiger partial charge is 0.494 e. The van der Waals surface area contributed by atoms with Gasteiger partial charge in [0.25, 0.3) is 0 Å². The van der Waals surface area contributed by atoms with Crippen molar-refractivity contribution in [2.24, 2.45) is 5.10 Å². The van der Waals surface area contributed by atoms with Crippen LogP contribution >= 0.6 is 0 Å². The van der Waals surface area contributed by atoms with Crippen molar-refractivity contribution < 1.29 is 14.2 Å². The van der Waals surface area contributed by atoms with Gasteiger partial charge < -0.3 is 14.2 Å². The molecule has 0 aromatic heterocycles. The molecule has 0 aliphatic carbocycles. The number of fused-ring (bicyclic) bond motifs is 3. The summed E-state index contributed by atoms with van der Waals surface area (Å²) in [6.07, 6.45) is 0.477. The molecule has 0 spiro atoms. The van der Waals surface area contributed by atoms with E-state index in [0.29, 0.717) is 13.2 Å². The van der Waals surface area contributed by atoms with Crippen LogP contribution in [0.3, 0.4) is 0 Å². The van der Waals surface area contributed by atoms with Gasteiger partial charge in [-0.15, -0.1) is 0 Å². The average Bonchev–Trinajstić information content (AvgIpc) is 3.26. The van der Waals surface area contributed by atoms with E-state index in [2.05, 4.69) is 35.3 Å². The molecular formula is C26H26N2O3. The van der Waals surface area contributed by atoms with Gasteiger partial charge in [-0.25, -0.2) is 5.01 Å². The quantitative estimate of drug-likeness (QED) is 0.517. The van der Waals surface area contributed by atoms with Crippen molar-refractivity contribution in [1.82, 2.24) is 5.01 Å². The molecule has 2 heterocycles. The highest BCUT2D eigenvalue weighted by molar-refractivity contribution is 6.02. The van der Waals surface area contributed by atoms with Crippen molar-refractivity contribution in [3.8, 4) is 17.2 Å². The highest BCUT2D eigenvalue weighted by atomic mass is 16.5. The van der Waals surface area contributed by atoms with Gasteiger partial charge in [-0.1, -0.05) is 30.3 Å². The summed E-state index contributed by atoms with van der Waals surface area (Å²) in [6.45, 7) is 5.24. The third kappa shape index (κ3) is 3.61. The number of para-hydroxylation sites is 2. The van der Waals surface area contributed by atoms with E-state index in [4.69, 9.17) is 19.3 Å². The van der Waals surface area contributed by atoms with Crippen LogP contribution in [0.5, 0.6) is 17.2 Å². The van der Waals surface area contributed by atoms with Gasteiger partial charge in [0.2, 0.25) is 6.23 Å². The second-order valence-electron chi connectivity index (χ2n) is 7.58. The third-order valence-electron chi connectivity index (χ3n) is 5.68. The van der Waals surface area contributed by atoms with Crippen molar-refractivity contribution in [1.29, 1.82) is 0 Å². The predicted molar refractivity (Wildman–Crippen MR) is 121 cm³/mol. The van der Waals surface area contributed by atoms with E-state index in [9.17, 15) is 0 Å². The maximum Gasteiger partial charge on any atom is 0.217 e. The Morgan fingerprint density at radius 2 is 1.58 bits per heavy atom. The molecule has 158 valence electrons. The van der Waals surface area contributed by atoms with Crippen LogP contribution in [0.15, 0.2) is 77.9 Å². The Labute approximate surface area is 182 Å². The summed E-state index contributed by atoms with van der Waals surface area (Å²) in [5.41, 5.74) is 4.30. The van der Waals surface area contributed by atoms with Crippen LogP contribution < -0.4 is 14.2 Å². The number of hydrazone groups is 1. The molecule has 5 nitrogen and oxygen atoms in total. The molecule has 0 bridgehead atoms. The highest BCUT2D eigenvalue weighted by Gasteiger charge is 2.41. The molecule has 0 N–H and O–H groups in total. The lowest BCUT2D eigenvalue weighted by atomic mass is 9.96. The van der Waals surface area contributed by atoms with Gasteiger partial charge in [0, 0.05) is 12.0 Å². The molecule has 0 amide bonds. The van der Waals surface area contributed by atoms with Crippen LogP contribution in [0.1, 0.15) is 49.2 Å². The summed E-state index contributed by atoms with van der Waals surface area (Å²) in [4.78, 5) is 0. The number of hydrogen-bond acceptors (Lipinski definition) is 5. The number of hydrogen-bond donors (Lipinski definition) is 0. The second-order valence-corrected chi connectivity index (χ2v) is 7.58. The van der Waals surface area contributed by atoms with E-state index in [0.717, 1.165) is 46.1 Å². The van der Waals surface area contributed by atoms with Crippen molar-refractivity contribution >= 4 is 5.71 Å². The van der Waals surface area contributed by atoms with Crippen molar-refractivity contribution in [2.75, 3.05) is 13.2 Å². The number of benzene rings is 3. The van der Waals surface area contributed by atoms with E-state index in [-0.39, 0.29) is 12.3 Å². The molecule has 3 aromatic carbocycles. The molecule has 3 aromatic rings. The highest BCUT2D eigenvalue weighted by Crippen LogP contribution is 2.48. The summed E-state index contributed by atoms with van der Waals surface area (Å²) in [5, 5.41) is 7.13. The lowest BCUT2D eigenvalue weighted by Crippen LogP contribution is -2.34. The van der Waals surface area contributed by atoms with Gasteiger partial charge in [0.15, 0.2) is 0 Å². The summed E-state index contributed by atoms with van der Waals surface area (Å²) in [6, 6.07) is 24.6. The maximum atomic E-state index is 6.47. The molecule has 0 saturated carbocycles. The summed E-state index contributed by atoms with van der Waals surface area (Å²) in [7, 11) is 0. The molecule has 2 aliphatic rings. The van der Waals surface area contributed by atoms with Crippen LogP contribution in [0.4, 0.5) is 0 Å². The van der Waals surface area contributed by atoms with Crippen LogP contribution in [-0.2, 0) is 0 Å². The summed E-state index contributed by atoms with van der Waals surface area (Å²) in [5.74, 6) is 2.61. The monoisotopic (exact) mass is 414 g/mol. The molecule has 0 fully saturated rings. The number of nitrogens with zero attached hydrogens (tertiary/aromatic N) is 2. The van der Waals surface area contributed by atoms with Crippen molar-refractivity contribution in [3.63, 3.8) is 0 Å². The number of ether oxygens (including phenoxy) is 3. The van der Waals surface area contributed by atoms with E-state index in [1.165, 1.54) is 0 Å². The SMILES string of the molecule is CCOc1ccc(C2=NN3[C@@H](C2)c2ccccc2O[C@H]3c2ccccc2OCC)cc1. The van der Waals surface area contributed by atoms with E-state index in [1.807, 2.05) is 56.3 Å². The molecule has 0 saturated heterocycles. The lowest BCUT2D eigenvalue weighted by Gasteiger charge is -2.38. The van der Waals surface area contributed by atoms with Gasteiger partial charge in [-0.3, -0.25) is 0 Å². The molecule has 5 heteroatoms. The Balaban J connectivity index is 1.54. The lowest BCUT2D eigenvalue weighted by molar-refractivity contribution is -0.0205. The van der Waals surface area contributed by atoms with E-state index >= 15 is 0 Å². The zero-order valence-corrected chi connectivity index (χ0v) is 17.8. The normalized spacial score (nSPS) is 19.2. The Morgan fingerprint density at radius 1 is 0.871 bits per heavy atom. The first-order valence-corrected chi connectivity index (χ1v) is 10.8. The fourth-order valence-electron chi connectivity index (χ4n) is 4.30. The predicted octanol–water partition coefficient (Wildman–Crippen LogP) is 5.73. The van der Waals surface area contributed by atoms with Crippen LogP contribution in [0.2, 0.25) is 0 Å². The third-order valence-corrected chi connectivity index (χ3v) is 5.68. The molecule has 2 aliphatic heterocycles. The van der Waals surface area contributed by atoms with Gasteiger partial charge in [-0.05, 0) is 61.9 Å². The minimum absolute atomic E-state index is 0.117. The number of rotatable bonds is 6. The first-order chi connectivity index (χ1) is 15.3. The summed E-state index contributed by atoms with van der Waals surface area (Å²) >= 11 is 0. The van der Waals surface area contributed by atoms with Gasteiger partial charge in [0.1, 0.15) is 17.2 Å². The Bertz CT molecular complexity index is 1090.